The van der Waals surface area contributed by atoms with Crippen LogP contribution in [-0.4, -0.2) is 11.7 Å². The van der Waals surface area contributed by atoms with Gasteiger partial charge in [-0.05, 0) is 25.1 Å². The fraction of sp³-hybridized carbons (Fsp3) is 0.182. The Balaban J connectivity index is 2.40. The van der Waals surface area contributed by atoms with Crippen molar-refractivity contribution >= 4 is 0 Å². The molecule has 15 heavy (non-hydrogen) atoms. The maximum atomic E-state index is 13.0. The lowest BCUT2D eigenvalue weighted by atomic mass is 10.1. The average Bonchev–Trinajstić information content (AvgIpc) is 2.66. The summed E-state index contributed by atoms with van der Waals surface area (Å²) in [5.74, 6) is -0.283. The van der Waals surface area contributed by atoms with Crippen LogP contribution in [0.3, 0.4) is 0 Å². The molecule has 0 bridgehead atoms. The Morgan fingerprint density at radius 1 is 1.40 bits per heavy atom. The Morgan fingerprint density at radius 2 is 2.27 bits per heavy atom. The molecule has 0 aliphatic carbocycles. The zero-order valence-electron chi connectivity index (χ0n) is 8.11. The molecule has 0 unspecified atom stereocenters. The van der Waals surface area contributed by atoms with Crippen molar-refractivity contribution in [3.63, 3.8) is 0 Å². The van der Waals surface area contributed by atoms with E-state index in [1.54, 1.807) is 18.4 Å². The van der Waals surface area contributed by atoms with E-state index in [-0.39, 0.29) is 5.82 Å². The molecule has 0 atom stereocenters. The van der Waals surface area contributed by atoms with Gasteiger partial charge in [0.25, 0.3) is 0 Å². The Bertz CT molecular complexity index is 453. The number of rotatable bonds is 3. The minimum Gasteiger partial charge on any atom is -0.364 e. The molecule has 0 aliphatic heterocycles. The standard InChI is InChI=1S/C11H11FN2O/c12-10-3-1-2-8(6-10)11-9(4-5-13)7-15-14-11/h1-3,6-7H,4-5,13H2. The lowest BCUT2D eigenvalue weighted by molar-refractivity contribution is 0.421. The predicted octanol–water partition coefficient (Wildman–Crippen LogP) is 1.98. The van der Waals surface area contributed by atoms with Crippen LogP contribution < -0.4 is 5.73 Å². The Labute approximate surface area is 86.7 Å². The van der Waals surface area contributed by atoms with Gasteiger partial charge in [0.05, 0.1) is 0 Å². The monoisotopic (exact) mass is 206 g/mol. The van der Waals surface area contributed by atoms with Crippen LogP contribution in [-0.2, 0) is 6.42 Å². The summed E-state index contributed by atoms with van der Waals surface area (Å²) in [4.78, 5) is 0. The van der Waals surface area contributed by atoms with Crippen LogP contribution in [0.4, 0.5) is 4.39 Å². The molecular formula is C11H11FN2O. The van der Waals surface area contributed by atoms with Crippen LogP contribution in [0.1, 0.15) is 5.56 Å². The van der Waals surface area contributed by atoms with E-state index in [1.807, 2.05) is 0 Å². The summed E-state index contributed by atoms with van der Waals surface area (Å²) in [5, 5.41) is 3.85. The second kappa shape index (κ2) is 4.23. The Kier molecular flexibility index (Phi) is 2.78. The summed E-state index contributed by atoms with van der Waals surface area (Å²) in [6.07, 6.45) is 2.22. The molecule has 0 saturated carbocycles. The summed E-state index contributed by atoms with van der Waals surface area (Å²) >= 11 is 0. The normalized spacial score (nSPS) is 10.5. The van der Waals surface area contributed by atoms with Gasteiger partial charge >= 0.3 is 0 Å². The summed E-state index contributed by atoms with van der Waals surface area (Å²) < 4.78 is 17.9. The van der Waals surface area contributed by atoms with Gasteiger partial charge in [-0.15, -0.1) is 0 Å². The first-order valence-electron chi connectivity index (χ1n) is 4.70. The number of hydrogen-bond acceptors (Lipinski definition) is 3. The number of halogens is 1. The van der Waals surface area contributed by atoms with Crippen molar-refractivity contribution < 1.29 is 8.91 Å². The minimum atomic E-state index is -0.283. The highest BCUT2D eigenvalue weighted by Crippen LogP contribution is 2.22. The van der Waals surface area contributed by atoms with Gasteiger partial charge in [-0.2, -0.15) is 0 Å². The number of aromatic nitrogens is 1. The van der Waals surface area contributed by atoms with Gasteiger partial charge in [-0.3, -0.25) is 0 Å². The third-order valence-electron chi connectivity index (χ3n) is 2.15. The van der Waals surface area contributed by atoms with Gasteiger partial charge in [0.15, 0.2) is 0 Å². The van der Waals surface area contributed by atoms with Crippen molar-refractivity contribution in [2.75, 3.05) is 6.54 Å². The minimum absolute atomic E-state index is 0.283. The highest BCUT2D eigenvalue weighted by molar-refractivity contribution is 5.62. The summed E-state index contributed by atoms with van der Waals surface area (Å²) in [5.41, 5.74) is 7.74. The van der Waals surface area contributed by atoms with E-state index in [9.17, 15) is 4.39 Å². The molecule has 78 valence electrons. The maximum absolute atomic E-state index is 13.0. The molecule has 0 radical (unpaired) electrons. The lowest BCUT2D eigenvalue weighted by Gasteiger charge is -1.99. The fourth-order valence-electron chi connectivity index (χ4n) is 1.46. The van der Waals surface area contributed by atoms with Crippen molar-refractivity contribution in [1.82, 2.24) is 5.16 Å². The molecule has 3 nitrogen and oxygen atoms in total. The topological polar surface area (TPSA) is 52.0 Å². The molecule has 2 N–H and O–H groups in total. The van der Waals surface area contributed by atoms with E-state index in [1.165, 1.54) is 12.1 Å². The van der Waals surface area contributed by atoms with Crippen LogP contribution >= 0.6 is 0 Å². The smallest absolute Gasteiger partial charge is 0.127 e. The van der Waals surface area contributed by atoms with Crippen LogP contribution in [0, 0.1) is 5.82 Å². The third kappa shape index (κ3) is 2.05. The van der Waals surface area contributed by atoms with Crippen molar-refractivity contribution in [2.45, 2.75) is 6.42 Å². The van der Waals surface area contributed by atoms with Gasteiger partial charge in [-0.25, -0.2) is 4.39 Å². The van der Waals surface area contributed by atoms with Crippen molar-refractivity contribution in [3.8, 4) is 11.3 Å². The molecule has 1 heterocycles. The van der Waals surface area contributed by atoms with Crippen molar-refractivity contribution in [1.29, 1.82) is 0 Å². The van der Waals surface area contributed by atoms with E-state index in [0.29, 0.717) is 24.2 Å². The predicted molar refractivity (Wildman–Crippen MR) is 54.7 cm³/mol. The number of hydrogen-bond donors (Lipinski definition) is 1. The highest BCUT2D eigenvalue weighted by atomic mass is 19.1. The summed E-state index contributed by atoms with van der Waals surface area (Å²) in [6.45, 7) is 0.517. The average molecular weight is 206 g/mol. The number of nitrogens with zero attached hydrogens (tertiary/aromatic N) is 1. The zero-order valence-corrected chi connectivity index (χ0v) is 8.11. The molecule has 0 aliphatic rings. The van der Waals surface area contributed by atoms with E-state index < -0.39 is 0 Å². The van der Waals surface area contributed by atoms with Crippen LogP contribution in [0.2, 0.25) is 0 Å². The van der Waals surface area contributed by atoms with Gasteiger partial charge in [0, 0.05) is 11.1 Å². The fourth-order valence-corrected chi connectivity index (χ4v) is 1.46. The molecule has 0 amide bonds. The van der Waals surface area contributed by atoms with E-state index in [2.05, 4.69) is 5.16 Å². The van der Waals surface area contributed by atoms with Gasteiger partial charge < -0.3 is 10.3 Å². The van der Waals surface area contributed by atoms with E-state index >= 15 is 0 Å². The first-order valence-corrected chi connectivity index (χ1v) is 4.70. The van der Waals surface area contributed by atoms with Gasteiger partial charge in [0.1, 0.15) is 17.8 Å². The SMILES string of the molecule is NCCc1conc1-c1cccc(F)c1. The van der Waals surface area contributed by atoms with Gasteiger partial charge in [0.2, 0.25) is 0 Å². The molecular weight excluding hydrogens is 195 g/mol. The zero-order chi connectivity index (χ0) is 10.7. The van der Waals surface area contributed by atoms with Crippen LogP contribution in [0.5, 0.6) is 0 Å². The highest BCUT2D eigenvalue weighted by Gasteiger charge is 2.09. The molecule has 4 heteroatoms. The van der Waals surface area contributed by atoms with E-state index in [4.69, 9.17) is 10.3 Å². The lowest BCUT2D eigenvalue weighted by Crippen LogP contribution is -2.02. The third-order valence-corrected chi connectivity index (χ3v) is 2.15. The second-order valence-electron chi connectivity index (χ2n) is 3.24. The van der Waals surface area contributed by atoms with Crippen molar-refractivity contribution in [2.24, 2.45) is 5.73 Å². The molecule has 0 fully saturated rings. The molecule has 1 aromatic carbocycles. The first-order chi connectivity index (χ1) is 7.31. The largest absolute Gasteiger partial charge is 0.364 e. The quantitative estimate of drug-likeness (QED) is 0.835. The maximum Gasteiger partial charge on any atom is 0.127 e. The molecule has 0 spiro atoms. The molecule has 0 saturated heterocycles. The van der Waals surface area contributed by atoms with Crippen molar-refractivity contribution in [3.05, 3.63) is 41.9 Å². The molecule has 1 aromatic heterocycles. The number of nitrogens with two attached hydrogens (primary N) is 1. The Hall–Kier alpha value is -1.68. The molecule has 2 rings (SSSR count). The second-order valence-corrected chi connectivity index (χ2v) is 3.24. The summed E-state index contributed by atoms with van der Waals surface area (Å²) in [6, 6.07) is 6.26. The Morgan fingerprint density at radius 3 is 3.00 bits per heavy atom. The summed E-state index contributed by atoms with van der Waals surface area (Å²) in [7, 11) is 0. The number of benzene rings is 1. The molecule has 2 aromatic rings. The van der Waals surface area contributed by atoms with E-state index in [0.717, 1.165) is 5.56 Å². The van der Waals surface area contributed by atoms with Crippen LogP contribution in [0.15, 0.2) is 35.1 Å². The van der Waals surface area contributed by atoms with Gasteiger partial charge in [-0.1, -0.05) is 17.3 Å². The first kappa shape index (κ1) is 9.86. The van der Waals surface area contributed by atoms with Crippen LogP contribution in [0.25, 0.3) is 11.3 Å².